The van der Waals surface area contributed by atoms with Gasteiger partial charge >= 0.3 is 29.9 Å². The third-order valence-electron chi connectivity index (χ3n) is 8.41. The van der Waals surface area contributed by atoms with Gasteiger partial charge in [0, 0.05) is 52.8 Å². The fraction of sp³-hybridized carbons (Fsp3) is 0.438. The molecule has 4 atom stereocenters. The number of aliphatic carboxylic acids is 2. The number of imidazole rings is 1. The number of esters is 2. The lowest BCUT2D eigenvalue weighted by Gasteiger charge is -2.34. The second-order valence-electron chi connectivity index (χ2n) is 11.7. The second kappa shape index (κ2) is 14.7. The van der Waals surface area contributed by atoms with E-state index in [2.05, 4.69) is 26.2 Å². The van der Waals surface area contributed by atoms with Gasteiger partial charge in [-0.2, -0.15) is 9.97 Å². The number of hydrogen-bond acceptors (Lipinski definition) is 13. The van der Waals surface area contributed by atoms with Crippen molar-refractivity contribution in [3.8, 4) is 18.1 Å². The van der Waals surface area contributed by atoms with Gasteiger partial charge in [0.25, 0.3) is 0 Å². The lowest BCUT2D eigenvalue weighted by molar-refractivity contribution is -0.174. The molecule has 0 spiro atoms. The molecule has 5 rings (SSSR count). The highest BCUT2D eigenvalue weighted by molar-refractivity contribution is 6.28. The Bertz CT molecular complexity index is 1920. The minimum Gasteiger partial charge on any atom is -0.490 e. The Kier molecular flexibility index (Phi) is 10.5. The summed E-state index contributed by atoms with van der Waals surface area (Å²) in [5.41, 5.74) is -1.13. The van der Waals surface area contributed by atoms with E-state index in [0.29, 0.717) is 25.2 Å². The van der Waals surface area contributed by atoms with Crippen molar-refractivity contribution in [3.05, 3.63) is 35.4 Å². The Morgan fingerprint density at radius 3 is 2.53 bits per heavy atom. The Morgan fingerprint density at radius 2 is 1.90 bits per heavy atom. The number of carboxylic acid groups (broad SMARTS) is 2. The van der Waals surface area contributed by atoms with Crippen LogP contribution in [0.3, 0.4) is 0 Å². The molecule has 19 heteroatoms. The zero-order valence-corrected chi connectivity index (χ0v) is 28.6. The van der Waals surface area contributed by atoms with Crippen molar-refractivity contribution in [2.24, 2.45) is 5.92 Å². The summed E-state index contributed by atoms with van der Waals surface area (Å²) in [5.74, 6) is -3.92. The van der Waals surface area contributed by atoms with E-state index in [1.807, 2.05) is 0 Å². The SMILES string of the molecule is C#C[C@@]1(OC(C)=O)[C@@H](COc2cc(N3CCCN(C)C3=O)ccc2CC(C(=O)O)C(=O)O)O[C@@H](n2cnc3c(NC)nc(Cl)nc32)[C@@H]1OC(C)=O. The van der Waals surface area contributed by atoms with Crippen molar-refractivity contribution in [3.63, 3.8) is 0 Å². The molecule has 0 radical (unpaired) electrons. The van der Waals surface area contributed by atoms with Crippen molar-refractivity contribution in [1.82, 2.24) is 24.4 Å². The van der Waals surface area contributed by atoms with E-state index < -0.39 is 66.9 Å². The van der Waals surface area contributed by atoms with Gasteiger partial charge < -0.3 is 39.4 Å². The highest BCUT2D eigenvalue weighted by atomic mass is 35.5. The molecule has 3 aromatic rings. The average Bonchev–Trinajstić information content (AvgIpc) is 3.61. The highest BCUT2D eigenvalue weighted by Gasteiger charge is 2.62. The van der Waals surface area contributed by atoms with Gasteiger partial charge in [0.1, 0.15) is 18.5 Å². The Balaban J connectivity index is 1.59. The first kappa shape index (κ1) is 36.6. The molecule has 0 unspecified atom stereocenters. The van der Waals surface area contributed by atoms with Crippen molar-refractivity contribution >= 4 is 64.2 Å². The molecule has 0 aliphatic carbocycles. The summed E-state index contributed by atoms with van der Waals surface area (Å²) in [6, 6.07) is 4.19. The number of carbonyl (C=O) groups is 5. The molecule has 0 saturated carbocycles. The first-order chi connectivity index (χ1) is 24.2. The maximum absolute atomic E-state index is 13.0. The lowest BCUT2D eigenvalue weighted by Crippen LogP contribution is -2.53. The highest BCUT2D eigenvalue weighted by Crippen LogP contribution is 2.44. The van der Waals surface area contributed by atoms with E-state index in [1.54, 1.807) is 20.2 Å². The van der Waals surface area contributed by atoms with Crippen LogP contribution in [-0.4, -0.2) is 116 Å². The van der Waals surface area contributed by atoms with Gasteiger partial charge in [0.2, 0.25) is 17.0 Å². The molecule has 0 bridgehead atoms. The molecular formula is C32H34ClN7O11. The van der Waals surface area contributed by atoms with Crippen LogP contribution >= 0.6 is 11.6 Å². The number of fused-ring (bicyclic) bond motifs is 1. The average molecular weight is 728 g/mol. The molecule has 1 aromatic carbocycles. The molecule has 2 aliphatic heterocycles. The first-order valence-electron chi connectivity index (χ1n) is 15.5. The van der Waals surface area contributed by atoms with E-state index in [4.69, 9.17) is 37.0 Å². The number of nitrogens with zero attached hydrogens (tertiary/aromatic N) is 6. The van der Waals surface area contributed by atoms with E-state index in [1.165, 1.54) is 32.8 Å². The van der Waals surface area contributed by atoms with Crippen LogP contribution in [0.25, 0.3) is 11.2 Å². The van der Waals surface area contributed by atoms with Gasteiger partial charge in [0.15, 0.2) is 29.1 Å². The van der Waals surface area contributed by atoms with Crippen LogP contribution < -0.4 is 15.0 Å². The summed E-state index contributed by atoms with van der Waals surface area (Å²) in [4.78, 5) is 77.4. The zero-order valence-electron chi connectivity index (χ0n) is 27.9. The Morgan fingerprint density at radius 1 is 1.18 bits per heavy atom. The molecular weight excluding hydrogens is 694 g/mol. The predicted octanol–water partition coefficient (Wildman–Crippen LogP) is 1.95. The van der Waals surface area contributed by atoms with Crippen LogP contribution in [-0.2, 0) is 39.8 Å². The van der Waals surface area contributed by atoms with Crippen LogP contribution in [0.1, 0.15) is 32.1 Å². The number of carbonyl (C=O) groups excluding carboxylic acids is 3. The molecule has 51 heavy (non-hydrogen) atoms. The summed E-state index contributed by atoms with van der Waals surface area (Å²) in [6.45, 7) is 2.63. The second-order valence-corrected chi connectivity index (χ2v) is 12.1. The molecule has 4 heterocycles. The molecule has 2 fully saturated rings. The predicted molar refractivity (Wildman–Crippen MR) is 177 cm³/mol. The van der Waals surface area contributed by atoms with Gasteiger partial charge in [-0.3, -0.25) is 28.6 Å². The summed E-state index contributed by atoms with van der Waals surface area (Å²) >= 11 is 6.18. The number of anilines is 2. The maximum Gasteiger partial charge on any atom is 0.324 e. The van der Waals surface area contributed by atoms with E-state index in [-0.39, 0.29) is 39.6 Å². The van der Waals surface area contributed by atoms with E-state index in [0.717, 1.165) is 13.8 Å². The quantitative estimate of drug-likeness (QED) is 0.105. The van der Waals surface area contributed by atoms with E-state index >= 15 is 0 Å². The number of nitrogens with one attached hydrogen (secondary N) is 1. The summed E-state index contributed by atoms with van der Waals surface area (Å²) in [7, 11) is 3.25. The number of halogens is 1. The number of rotatable bonds is 12. The molecule has 2 saturated heterocycles. The van der Waals surface area contributed by atoms with Gasteiger partial charge in [-0.05, 0) is 36.1 Å². The van der Waals surface area contributed by atoms with Crippen molar-refractivity contribution in [2.45, 2.75) is 50.7 Å². The van der Waals surface area contributed by atoms with Crippen molar-refractivity contribution in [2.75, 3.05) is 44.0 Å². The molecule has 18 nitrogen and oxygen atoms in total. The molecule has 2 aliphatic rings. The van der Waals surface area contributed by atoms with Crippen LogP contribution in [0.15, 0.2) is 24.5 Å². The normalized spacial score (nSPS) is 21.7. The number of urea groups is 1. The van der Waals surface area contributed by atoms with Crippen molar-refractivity contribution in [1.29, 1.82) is 0 Å². The summed E-state index contributed by atoms with van der Waals surface area (Å²) in [6.07, 6.45) is 3.33. The molecule has 2 aromatic heterocycles. The summed E-state index contributed by atoms with van der Waals surface area (Å²) < 4.78 is 25.3. The van der Waals surface area contributed by atoms with Crippen LogP contribution in [0.4, 0.5) is 16.3 Å². The minimum absolute atomic E-state index is 0.00266. The number of amides is 2. The third kappa shape index (κ3) is 7.16. The molecule has 2 amide bonds. The number of ether oxygens (including phenoxy) is 4. The molecule has 270 valence electrons. The van der Waals surface area contributed by atoms with Gasteiger partial charge in [-0.15, -0.1) is 6.42 Å². The minimum atomic E-state index is -2.12. The number of hydrogen-bond donors (Lipinski definition) is 3. The standard InChI is InChI=1S/C32H34ClN7O11/c1-6-32(51-17(3)42)22(50-27(24(32)49-16(2)41)40-15-35-23-25(34-4)36-30(33)37-26(23)40)14-48-21-13-19(39-11-7-10-38(5)31(39)47)9-8-18(21)12-20(28(43)44)29(45)46/h1,8-9,13,15,20,22,24,27H,7,10-12,14H2,2-5H3,(H,43,44)(H,45,46)(H,34,36,37)/t22-,24+,27-,32-/m1/s1. The van der Waals surface area contributed by atoms with Gasteiger partial charge in [-0.25, -0.2) is 9.78 Å². The first-order valence-corrected chi connectivity index (χ1v) is 15.9. The largest absolute Gasteiger partial charge is 0.490 e. The van der Waals surface area contributed by atoms with Crippen LogP contribution in [0.5, 0.6) is 5.75 Å². The van der Waals surface area contributed by atoms with Crippen LogP contribution in [0, 0.1) is 18.3 Å². The maximum atomic E-state index is 13.0. The fourth-order valence-corrected chi connectivity index (χ4v) is 6.20. The fourth-order valence-electron chi connectivity index (χ4n) is 6.03. The smallest absolute Gasteiger partial charge is 0.324 e. The Labute approximate surface area is 295 Å². The monoisotopic (exact) mass is 727 g/mol. The number of carboxylic acids is 2. The number of benzene rings is 1. The lowest BCUT2D eigenvalue weighted by atomic mass is 9.92. The Hall–Kier alpha value is -5.67. The zero-order chi connectivity index (χ0) is 37.2. The van der Waals surface area contributed by atoms with Crippen molar-refractivity contribution < 1.29 is 53.1 Å². The van der Waals surface area contributed by atoms with Gasteiger partial charge in [0.05, 0.1) is 6.33 Å². The number of terminal acetylenes is 1. The van der Waals surface area contributed by atoms with Crippen LogP contribution in [0.2, 0.25) is 5.28 Å². The van der Waals surface area contributed by atoms with E-state index in [9.17, 15) is 34.2 Å². The third-order valence-corrected chi connectivity index (χ3v) is 8.57. The number of aromatic nitrogens is 4. The molecule has 3 N–H and O–H groups in total. The summed E-state index contributed by atoms with van der Waals surface area (Å²) in [5, 5.41) is 21.9. The van der Waals surface area contributed by atoms with Gasteiger partial charge in [-0.1, -0.05) is 12.0 Å². The topological polar surface area (TPSA) is 225 Å².